The molecule has 0 radical (unpaired) electrons. The molecular weight excluding hydrogens is 249 g/mol. The van der Waals surface area contributed by atoms with Crippen LogP contribution in [-0.4, -0.2) is 34.1 Å². The van der Waals surface area contributed by atoms with E-state index in [9.17, 15) is 4.57 Å². The molecule has 96 valence electrons. The number of aliphatic hydroxyl groups is 1. The SMILES string of the molecule is N[C@@H](CO)COc1cccc(OP(=O)(O)O)c1. The minimum atomic E-state index is -4.57. The molecule has 0 aromatic heterocycles. The third kappa shape index (κ3) is 5.67. The molecule has 0 saturated heterocycles. The summed E-state index contributed by atoms with van der Waals surface area (Å²) in [5.41, 5.74) is 5.43. The lowest BCUT2D eigenvalue weighted by molar-refractivity contribution is 0.206. The molecule has 0 saturated carbocycles. The molecule has 1 aromatic carbocycles. The van der Waals surface area contributed by atoms with Crippen molar-refractivity contribution in [2.45, 2.75) is 6.04 Å². The zero-order chi connectivity index (χ0) is 12.9. The predicted octanol–water partition coefficient (Wildman–Crippen LogP) is -0.144. The maximum atomic E-state index is 10.6. The molecule has 0 spiro atoms. The van der Waals surface area contributed by atoms with E-state index in [1.807, 2.05) is 0 Å². The van der Waals surface area contributed by atoms with Gasteiger partial charge in [-0.15, -0.1) is 0 Å². The molecule has 17 heavy (non-hydrogen) atoms. The van der Waals surface area contributed by atoms with Gasteiger partial charge in [-0.3, -0.25) is 9.79 Å². The highest BCUT2D eigenvalue weighted by atomic mass is 31.2. The second-order valence-electron chi connectivity index (χ2n) is 3.31. The van der Waals surface area contributed by atoms with E-state index in [-0.39, 0.29) is 19.0 Å². The fourth-order valence-corrected chi connectivity index (χ4v) is 1.40. The average molecular weight is 263 g/mol. The summed E-state index contributed by atoms with van der Waals surface area (Å²) in [5, 5.41) is 8.69. The highest BCUT2D eigenvalue weighted by Gasteiger charge is 2.16. The van der Waals surface area contributed by atoms with Crippen molar-refractivity contribution in [3.05, 3.63) is 24.3 Å². The first kappa shape index (κ1) is 14.0. The van der Waals surface area contributed by atoms with Gasteiger partial charge >= 0.3 is 7.82 Å². The van der Waals surface area contributed by atoms with Crippen molar-refractivity contribution in [1.29, 1.82) is 0 Å². The maximum absolute atomic E-state index is 10.6. The van der Waals surface area contributed by atoms with E-state index < -0.39 is 13.9 Å². The fraction of sp³-hybridized carbons (Fsp3) is 0.333. The van der Waals surface area contributed by atoms with Crippen molar-refractivity contribution in [2.24, 2.45) is 5.73 Å². The van der Waals surface area contributed by atoms with E-state index in [2.05, 4.69) is 4.52 Å². The van der Waals surface area contributed by atoms with Crippen LogP contribution in [0.25, 0.3) is 0 Å². The third-order valence-electron chi connectivity index (χ3n) is 1.73. The average Bonchev–Trinajstić information content (AvgIpc) is 2.24. The summed E-state index contributed by atoms with van der Waals surface area (Å²) in [6, 6.07) is 5.30. The quantitative estimate of drug-likeness (QED) is 0.526. The van der Waals surface area contributed by atoms with Crippen LogP contribution >= 0.6 is 7.82 Å². The Labute approximate surface area is 98.0 Å². The Balaban J connectivity index is 2.63. The first-order valence-electron chi connectivity index (χ1n) is 4.75. The smallest absolute Gasteiger partial charge is 0.492 e. The monoisotopic (exact) mass is 263 g/mol. The van der Waals surface area contributed by atoms with Gasteiger partial charge in [0.05, 0.1) is 12.6 Å². The Morgan fingerprint density at radius 1 is 1.35 bits per heavy atom. The Morgan fingerprint density at radius 3 is 2.59 bits per heavy atom. The molecule has 0 amide bonds. The minimum absolute atomic E-state index is 0.00611. The van der Waals surface area contributed by atoms with Crippen molar-refractivity contribution in [1.82, 2.24) is 0 Å². The number of nitrogens with two attached hydrogens (primary N) is 1. The van der Waals surface area contributed by atoms with Crippen molar-refractivity contribution in [3.8, 4) is 11.5 Å². The number of phosphoric acid groups is 1. The van der Waals surface area contributed by atoms with Crippen LogP contribution in [0.3, 0.4) is 0 Å². The van der Waals surface area contributed by atoms with Crippen LogP contribution in [0.1, 0.15) is 0 Å². The molecule has 0 unspecified atom stereocenters. The topological polar surface area (TPSA) is 122 Å². The molecular formula is C9H14NO6P. The number of phosphoric ester groups is 1. The Morgan fingerprint density at radius 2 is 2.00 bits per heavy atom. The summed E-state index contributed by atoms with van der Waals surface area (Å²) >= 11 is 0. The Kier molecular flexibility index (Phi) is 4.92. The van der Waals surface area contributed by atoms with Crippen molar-refractivity contribution < 1.29 is 28.7 Å². The number of hydrogen-bond acceptors (Lipinski definition) is 5. The van der Waals surface area contributed by atoms with E-state index in [1.165, 1.54) is 18.2 Å². The number of rotatable bonds is 6. The fourth-order valence-electron chi connectivity index (χ4n) is 1.01. The molecule has 7 nitrogen and oxygen atoms in total. The van der Waals surface area contributed by atoms with Crippen molar-refractivity contribution in [3.63, 3.8) is 0 Å². The number of benzene rings is 1. The zero-order valence-corrected chi connectivity index (χ0v) is 9.79. The lowest BCUT2D eigenvalue weighted by Gasteiger charge is -2.12. The first-order chi connectivity index (χ1) is 7.90. The number of ether oxygens (including phenoxy) is 1. The molecule has 1 aromatic rings. The van der Waals surface area contributed by atoms with Gasteiger partial charge in [0.15, 0.2) is 0 Å². The summed E-state index contributed by atoms with van der Waals surface area (Å²) in [4.78, 5) is 17.2. The van der Waals surface area contributed by atoms with E-state index in [0.29, 0.717) is 5.75 Å². The third-order valence-corrected chi connectivity index (χ3v) is 2.18. The van der Waals surface area contributed by atoms with Crippen LogP contribution in [0, 0.1) is 0 Å². The van der Waals surface area contributed by atoms with E-state index >= 15 is 0 Å². The van der Waals surface area contributed by atoms with E-state index in [0.717, 1.165) is 0 Å². The van der Waals surface area contributed by atoms with E-state index in [4.69, 9.17) is 25.4 Å². The predicted molar refractivity (Wildman–Crippen MR) is 59.7 cm³/mol. The number of aliphatic hydroxyl groups excluding tert-OH is 1. The van der Waals surface area contributed by atoms with Crippen LogP contribution in [0.15, 0.2) is 24.3 Å². The minimum Gasteiger partial charge on any atom is -0.492 e. The van der Waals surface area contributed by atoms with Gasteiger partial charge < -0.3 is 20.1 Å². The molecule has 5 N–H and O–H groups in total. The molecule has 0 aliphatic rings. The highest BCUT2D eigenvalue weighted by Crippen LogP contribution is 2.38. The Bertz CT molecular complexity index is 406. The normalized spacial score (nSPS) is 13.2. The molecule has 0 aliphatic carbocycles. The van der Waals surface area contributed by atoms with Gasteiger partial charge in [0.1, 0.15) is 18.1 Å². The van der Waals surface area contributed by atoms with Gasteiger partial charge in [-0.1, -0.05) is 6.07 Å². The second kappa shape index (κ2) is 6.00. The number of hydrogen-bond donors (Lipinski definition) is 4. The van der Waals surface area contributed by atoms with E-state index in [1.54, 1.807) is 6.07 Å². The van der Waals surface area contributed by atoms with Crippen molar-refractivity contribution in [2.75, 3.05) is 13.2 Å². The molecule has 0 heterocycles. The molecule has 0 aliphatic heterocycles. The van der Waals surface area contributed by atoms with Gasteiger partial charge in [-0.05, 0) is 12.1 Å². The molecule has 0 bridgehead atoms. The molecule has 0 fully saturated rings. The van der Waals surface area contributed by atoms with Crippen LogP contribution in [0.2, 0.25) is 0 Å². The van der Waals surface area contributed by atoms with Gasteiger partial charge in [0.25, 0.3) is 0 Å². The van der Waals surface area contributed by atoms with Gasteiger partial charge in [-0.25, -0.2) is 4.57 Å². The van der Waals surface area contributed by atoms with Gasteiger partial charge in [-0.2, -0.15) is 0 Å². The summed E-state index contributed by atoms with van der Waals surface area (Å²) in [6.45, 7) is -0.117. The van der Waals surface area contributed by atoms with Gasteiger partial charge in [0, 0.05) is 6.07 Å². The second-order valence-corrected chi connectivity index (χ2v) is 4.47. The standard InChI is InChI=1S/C9H14NO6P/c10-7(5-11)6-15-8-2-1-3-9(4-8)16-17(12,13)14/h1-4,7,11H,5-6,10H2,(H2,12,13,14)/t7-/m0/s1. The summed E-state index contributed by atoms with van der Waals surface area (Å²) < 4.78 is 20.2. The summed E-state index contributed by atoms with van der Waals surface area (Å²) in [6.07, 6.45) is 0. The van der Waals surface area contributed by atoms with Crippen LogP contribution in [0.5, 0.6) is 11.5 Å². The highest BCUT2D eigenvalue weighted by molar-refractivity contribution is 7.46. The van der Waals surface area contributed by atoms with Crippen LogP contribution < -0.4 is 15.0 Å². The molecule has 1 rings (SSSR count). The summed E-state index contributed by atoms with van der Waals surface area (Å²) in [7, 11) is -4.57. The molecule has 1 atom stereocenters. The summed E-state index contributed by atoms with van der Waals surface area (Å²) in [5.74, 6) is 0.341. The first-order valence-corrected chi connectivity index (χ1v) is 6.28. The Hall–Kier alpha value is -1.11. The van der Waals surface area contributed by atoms with Gasteiger partial charge in [0.2, 0.25) is 0 Å². The lowest BCUT2D eigenvalue weighted by Crippen LogP contribution is -2.31. The van der Waals surface area contributed by atoms with Crippen LogP contribution in [-0.2, 0) is 4.57 Å². The zero-order valence-electron chi connectivity index (χ0n) is 8.89. The maximum Gasteiger partial charge on any atom is 0.524 e. The van der Waals surface area contributed by atoms with Crippen LogP contribution in [0.4, 0.5) is 0 Å². The van der Waals surface area contributed by atoms with Crippen molar-refractivity contribution >= 4 is 7.82 Å². The molecule has 8 heteroatoms. The lowest BCUT2D eigenvalue weighted by atomic mass is 10.3. The largest absolute Gasteiger partial charge is 0.524 e.